The molecule has 1 saturated heterocycles. The summed E-state index contributed by atoms with van der Waals surface area (Å²) < 4.78 is 18.7. The van der Waals surface area contributed by atoms with E-state index in [1.165, 1.54) is 0 Å². The lowest BCUT2D eigenvalue weighted by Crippen LogP contribution is -2.38. The first-order valence-electron chi connectivity index (χ1n) is 7.64. The van der Waals surface area contributed by atoms with E-state index in [0.29, 0.717) is 19.5 Å². The number of nitrogens with zero attached hydrogens (tertiary/aromatic N) is 2. The van der Waals surface area contributed by atoms with E-state index in [-0.39, 0.29) is 0 Å². The van der Waals surface area contributed by atoms with Crippen LogP contribution in [-0.2, 0) is 0 Å². The van der Waals surface area contributed by atoms with Crippen molar-refractivity contribution < 1.29 is 14.2 Å². The SMILES string of the molecule is COc1ccc2nccc(C(O)CN3CCCC(F)C3)c2c1. The number of pyridine rings is 1. The van der Waals surface area contributed by atoms with Gasteiger partial charge in [-0.25, -0.2) is 4.39 Å². The molecule has 2 unspecified atom stereocenters. The zero-order valence-electron chi connectivity index (χ0n) is 12.7. The number of ether oxygens (including phenoxy) is 1. The topological polar surface area (TPSA) is 45.6 Å². The van der Waals surface area contributed by atoms with Gasteiger partial charge in [0.1, 0.15) is 11.9 Å². The Hall–Kier alpha value is -1.72. The molecule has 0 amide bonds. The second-order valence-electron chi connectivity index (χ2n) is 5.80. The fourth-order valence-electron chi connectivity index (χ4n) is 3.07. The lowest BCUT2D eigenvalue weighted by molar-refractivity contribution is 0.0739. The summed E-state index contributed by atoms with van der Waals surface area (Å²) in [6, 6.07) is 7.44. The van der Waals surface area contributed by atoms with Gasteiger partial charge in [0.2, 0.25) is 0 Å². The zero-order valence-corrected chi connectivity index (χ0v) is 12.7. The Morgan fingerprint density at radius 2 is 2.32 bits per heavy atom. The highest BCUT2D eigenvalue weighted by atomic mass is 19.1. The quantitative estimate of drug-likeness (QED) is 0.943. The molecule has 0 radical (unpaired) electrons. The Morgan fingerprint density at radius 1 is 1.45 bits per heavy atom. The van der Waals surface area contributed by atoms with Gasteiger partial charge in [-0.15, -0.1) is 0 Å². The summed E-state index contributed by atoms with van der Waals surface area (Å²) in [5, 5.41) is 11.5. The number of piperidine rings is 1. The summed E-state index contributed by atoms with van der Waals surface area (Å²) in [6.45, 7) is 1.68. The minimum atomic E-state index is -0.782. The largest absolute Gasteiger partial charge is 0.497 e. The molecule has 5 heteroatoms. The fraction of sp³-hybridized carbons (Fsp3) is 0.471. The summed E-state index contributed by atoms with van der Waals surface area (Å²) in [6.07, 6.45) is 1.72. The Balaban J connectivity index is 1.85. The van der Waals surface area contributed by atoms with Crippen molar-refractivity contribution in [2.45, 2.75) is 25.1 Å². The molecule has 0 saturated carbocycles. The van der Waals surface area contributed by atoms with E-state index < -0.39 is 12.3 Å². The molecule has 0 bridgehead atoms. The van der Waals surface area contributed by atoms with Crippen molar-refractivity contribution >= 4 is 10.9 Å². The van der Waals surface area contributed by atoms with E-state index >= 15 is 0 Å². The average Bonchev–Trinajstić information content (AvgIpc) is 2.53. The molecule has 4 nitrogen and oxygen atoms in total. The Labute approximate surface area is 129 Å². The van der Waals surface area contributed by atoms with Crippen LogP contribution in [0, 0.1) is 0 Å². The monoisotopic (exact) mass is 304 g/mol. The second-order valence-corrected chi connectivity index (χ2v) is 5.80. The average molecular weight is 304 g/mol. The smallest absolute Gasteiger partial charge is 0.119 e. The number of aliphatic hydroxyl groups is 1. The Morgan fingerprint density at radius 3 is 3.09 bits per heavy atom. The van der Waals surface area contributed by atoms with Crippen LogP contribution >= 0.6 is 0 Å². The van der Waals surface area contributed by atoms with Crippen molar-refractivity contribution in [3.63, 3.8) is 0 Å². The maximum Gasteiger partial charge on any atom is 0.119 e. The molecule has 3 rings (SSSR count). The third-order valence-electron chi connectivity index (χ3n) is 4.22. The summed E-state index contributed by atoms with van der Waals surface area (Å²) >= 11 is 0. The highest BCUT2D eigenvalue weighted by Gasteiger charge is 2.22. The Bertz CT molecular complexity index is 650. The number of benzene rings is 1. The number of methoxy groups -OCH3 is 1. The second kappa shape index (κ2) is 6.58. The summed E-state index contributed by atoms with van der Waals surface area (Å²) in [7, 11) is 1.61. The molecule has 2 aromatic rings. The first-order valence-corrected chi connectivity index (χ1v) is 7.64. The van der Waals surface area contributed by atoms with Gasteiger partial charge in [-0.1, -0.05) is 0 Å². The summed E-state index contributed by atoms with van der Waals surface area (Å²) in [5.41, 5.74) is 1.63. The third-order valence-corrected chi connectivity index (χ3v) is 4.22. The van der Waals surface area contributed by atoms with E-state index in [0.717, 1.165) is 35.2 Å². The maximum absolute atomic E-state index is 13.5. The first kappa shape index (κ1) is 15.2. The molecular weight excluding hydrogens is 283 g/mol. The predicted molar refractivity (Wildman–Crippen MR) is 83.8 cm³/mol. The lowest BCUT2D eigenvalue weighted by atomic mass is 10.0. The lowest BCUT2D eigenvalue weighted by Gasteiger charge is -2.30. The number of hydrogen-bond donors (Lipinski definition) is 1. The Kier molecular flexibility index (Phi) is 4.55. The number of aromatic nitrogens is 1. The summed E-state index contributed by atoms with van der Waals surface area (Å²) in [5.74, 6) is 0.732. The van der Waals surface area contributed by atoms with Gasteiger partial charge in [0, 0.05) is 24.7 Å². The standard InChI is InChI=1S/C17H21FN2O2/c1-22-13-4-5-16-15(9-13)14(6-7-19-16)17(21)11-20-8-2-3-12(18)10-20/h4-7,9,12,17,21H,2-3,8,10-11H2,1H3. The number of rotatable bonds is 4. The molecule has 1 aromatic heterocycles. The van der Waals surface area contributed by atoms with Crippen molar-refractivity contribution in [2.24, 2.45) is 0 Å². The molecule has 118 valence electrons. The van der Waals surface area contributed by atoms with Gasteiger partial charge in [0.25, 0.3) is 0 Å². The normalized spacial score (nSPS) is 21.0. The minimum Gasteiger partial charge on any atom is -0.497 e. The fourth-order valence-corrected chi connectivity index (χ4v) is 3.07. The highest BCUT2D eigenvalue weighted by molar-refractivity contribution is 5.83. The highest BCUT2D eigenvalue weighted by Crippen LogP contribution is 2.27. The van der Waals surface area contributed by atoms with Gasteiger partial charge in [0.05, 0.1) is 18.7 Å². The molecule has 1 aromatic carbocycles. The third kappa shape index (κ3) is 3.20. The van der Waals surface area contributed by atoms with Crippen molar-refractivity contribution in [2.75, 3.05) is 26.7 Å². The first-order chi connectivity index (χ1) is 10.7. The van der Waals surface area contributed by atoms with E-state index in [1.807, 2.05) is 29.2 Å². The van der Waals surface area contributed by atoms with Crippen LogP contribution < -0.4 is 4.74 Å². The number of β-amino-alcohol motifs (C(OH)–C–C–N with tert-alkyl or cyclic N) is 1. The van der Waals surface area contributed by atoms with Crippen molar-refractivity contribution in [3.05, 3.63) is 36.0 Å². The number of halogens is 1. The number of likely N-dealkylation sites (tertiary alicyclic amines) is 1. The minimum absolute atomic E-state index is 0.406. The molecule has 1 N–H and O–H groups in total. The van der Waals surface area contributed by atoms with E-state index in [2.05, 4.69) is 4.98 Å². The van der Waals surface area contributed by atoms with Crippen LogP contribution in [0.15, 0.2) is 30.5 Å². The van der Waals surface area contributed by atoms with Gasteiger partial charge in [-0.3, -0.25) is 9.88 Å². The van der Waals surface area contributed by atoms with Gasteiger partial charge >= 0.3 is 0 Å². The van der Waals surface area contributed by atoms with E-state index in [4.69, 9.17) is 4.74 Å². The van der Waals surface area contributed by atoms with E-state index in [9.17, 15) is 9.50 Å². The molecule has 0 aliphatic carbocycles. The number of aliphatic hydroxyl groups excluding tert-OH is 1. The van der Waals surface area contributed by atoms with Crippen LogP contribution in [0.4, 0.5) is 4.39 Å². The number of alkyl halides is 1. The van der Waals surface area contributed by atoms with Gasteiger partial charge < -0.3 is 9.84 Å². The maximum atomic E-state index is 13.5. The number of fused-ring (bicyclic) bond motifs is 1. The molecule has 2 atom stereocenters. The van der Waals surface area contributed by atoms with E-state index in [1.54, 1.807) is 13.3 Å². The van der Waals surface area contributed by atoms with Crippen LogP contribution in [0.1, 0.15) is 24.5 Å². The van der Waals surface area contributed by atoms with Crippen LogP contribution in [0.25, 0.3) is 10.9 Å². The van der Waals surface area contributed by atoms with Crippen LogP contribution in [0.3, 0.4) is 0 Å². The molecule has 1 aliphatic heterocycles. The molecule has 1 aliphatic rings. The predicted octanol–water partition coefficient (Wildman–Crippen LogP) is 2.71. The molecule has 1 fully saturated rings. The zero-order chi connectivity index (χ0) is 15.5. The summed E-state index contributed by atoms with van der Waals surface area (Å²) in [4.78, 5) is 6.31. The van der Waals surface area contributed by atoms with Crippen molar-refractivity contribution in [1.29, 1.82) is 0 Å². The van der Waals surface area contributed by atoms with Crippen molar-refractivity contribution in [1.82, 2.24) is 9.88 Å². The molecule has 22 heavy (non-hydrogen) atoms. The van der Waals surface area contributed by atoms with Crippen molar-refractivity contribution in [3.8, 4) is 5.75 Å². The molecule has 2 heterocycles. The van der Waals surface area contributed by atoms with Crippen LogP contribution in [-0.4, -0.2) is 47.9 Å². The van der Waals surface area contributed by atoms with Gasteiger partial charge in [-0.05, 0) is 49.2 Å². The molecule has 0 spiro atoms. The van der Waals surface area contributed by atoms with Crippen LogP contribution in [0.2, 0.25) is 0 Å². The number of hydrogen-bond acceptors (Lipinski definition) is 4. The van der Waals surface area contributed by atoms with Gasteiger partial charge in [0.15, 0.2) is 0 Å². The van der Waals surface area contributed by atoms with Gasteiger partial charge in [-0.2, -0.15) is 0 Å². The van der Waals surface area contributed by atoms with Crippen LogP contribution in [0.5, 0.6) is 5.75 Å². The molecular formula is C17H21FN2O2.